The van der Waals surface area contributed by atoms with Crippen LogP contribution in [0.15, 0.2) is 53.1 Å². The van der Waals surface area contributed by atoms with E-state index in [0.717, 1.165) is 5.69 Å². The molecule has 7 heteroatoms. The summed E-state index contributed by atoms with van der Waals surface area (Å²) in [5, 5.41) is 0. The average molecular weight is 355 g/mol. The van der Waals surface area contributed by atoms with E-state index in [1.54, 1.807) is 29.0 Å². The first kappa shape index (κ1) is 17.7. The van der Waals surface area contributed by atoms with E-state index in [1.807, 2.05) is 30.3 Å². The number of carbonyl (C=O) groups excluding carboxylic acids is 3. The molecule has 2 heterocycles. The van der Waals surface area contributed by atoms with Gasteiger partial charge in [-0.15, -0.1) is 0 Å². The van der Waals surface area contributed by atoms with Crippen LogP contribution in [0.3, 0.4) is 0 Å². The highest BCUT2D eigenvalue weighted by Crippen LogP contribution is 2.14. The quantitative estimate of drug-likeness (QED) is 0.781. The zero-order valence-electron chi connectivity index (χ0n) is 14.6. The zero-order valence-corrected chi connectivity index (χ0v) is 14.6. The Hall–Kier alpha value is -3.09. The molecule has 2 aromatic rings. The van der Waals surface area contributed by atoms with E-state index >= 15 is 0 Å². The molecule has 0 atom stereocenters. The summed E-state index contributed by atoms with van der Waals surface area (Å²) in [5.41, 5.74) is 0.749. The maximum Gasteiger partial charge on any atom is 0.289 e. The summed E-state index contributed by atoms with van der Waals surface area (Å²) >= 11 is 0. The topological polar surface area (TPSA) is 74.1 Å². The summed E-state index contributed by atoms with van der Waals surface area (Å²) in [5.74, 6) is -0.357. The van der Waals surface area contributed by atoms with Crippen molar-refractivity contribution in [3.05, 3.63) is 54.5 Å². The van der Waals surface area contributed by atoms with E-state index in [1.165, 1.54) is 11.2 Å². The lowest BCUT2D eigenvalue weighted by molar-refractivity contribution is -0.136. The third-order valence-corrected chi connectivity index (χ3v) is 4.47. The van der Waals surface area contributed by atoms with Crippen molar-refractivity contribution in [3.8, 4) is 0 Å². The highest BCUT2D eigenvalue weighted by molar-refractivity contribution is 6.04. The van der Waals surface area contributed by atoms with Gasteiger partial charge >= 0.3 is 0 Å². The van der Waals surface area contributed by atoms with Crippen molar-refractivity contribution in [2.75, 3.05) is 38.1 Å². The molecule has 0 aliphatic carbocycles. The van der Waals surface area contributed by atoms with Gasteiger partial charge in [-0.2, -0.15) is 0 Å². The Bertz CT molecular complexity index is 765. The first-order chi connectivity index (χ1) is 12.6. The largest absolute Gasteiger partial charge is 0.459 e. The summed E-state index contributed by atoms with van der Waals surface area (Å²) in [6.45, 7) is 1.67. The smallest absolute Gasteiger partial charge is 0.289 e. The van der Waals surface area contributed by atoms with Crippen LogP contribution in [-0.4, -0.2) is 60.7 Å². The molecule has 0 N–H and O–H groups in total. The van der Waals surface area contributed by atoms with Crippen LogP contribution in [0, 0.1) is 0 Å². The first-order valence-electron chi connectivity index (χ1n) is 8.48. The molecule has 1 saturated heterocycles. The lowest BCUT2D eigenvalue weighted by Crippen LogP contribution is -2.51. The molecule has 136 valence electrons. The zero-order chi connectivity index (χ0) is 18.5. The van der Waals surface area contributed by atoms with Gasteiger partial charge in [-0.05, 0) is 24.3 Å². The van der Waals surface area contributed by atoms with Crippen LogP contribution in [0.2, 0.25) is 0 Å². The van der Waals surface area contributed by atoms with Gasteiger partial charge in [0.1, 0.15) is 6.42 Å². The van der Waals surface area contributed by atoms with Crippen molar-refractivity contribution < 1.29 is 18.8 Å². The molecule has 7 nitrogen and oxygen atoms in total. The van der Waals surface area contributed by atoms with Crippen molar-refractivity contribution in [2.45, 2.75) is 6.42 Å². The minimum atomic E-state index is -0.254. The fourth-order valence-corrected chi connectivity index (χ4v) is 2.87. The van der Waals surface area contributed by atoms with Gasteiger partial charge in [0.15, 0.2) is 5.76 Å². The van der Waals surface area contributed by atoms with Gasteiger partial charge in [-0.1, -0.05) is 18.2 Å². The van der Waals surface area contributed by atoms with Crippen LogP contribution in [0.4, 0.5) is 5.69 Å². The van der Waals surface area contributed by atoms with Crippen LogP contribution in [0.1, 0.15) is 17.0 Å². The predicted octanol–water partition coefficient (Wildman–Crippen LogP) is 1.62. The molecule has 0 saturated carbocycles. The van der Waals surface area contributed by atoms with Crippen molar-refractivity contribution >= 4 is 23.4 Å². The van der Waals surface area contributed by atoms with Crippen LogP contribution >= 0.6 is 0 Å². The summed E-state index contributed by atoms with van der Waals surface area (Å²) < 4.78 is 5.12. The molecular formula is C19H21N3O4. The molecule has 0 unspecified atom stereocenters. The van der Waals surface area contributed by atoms with E-state index in [9.17, 15) is 14.4 Å². The van der Waals surface area contributed by atoms with Gasteiger partial charge in [-0.3, -0.25) is 14.4 Å². The number of furan rings is 1. The number of anilines is 1. The minimum absolute atomic E-state index is 0.179. The number of carbonyl (C=O) groups is 3. The number of piperazine rings is 1. The third-order valence-electron chi connectivity index (χ3n) is 4.47. The molecule has 1 aromatic carbocycles. The summed E-state index contributed by atoms with van der Waals surface area (Å²) in [6, 6.07) is 12.5. The van der Waals surface area contributed by atoms with Gasteiger partial charge in [0, 0.05) is 38.9 Å². The van der Waals surface area contributed by atoms with Crippen LogP contribution in [0.5, 0.6) is 0 Å². The highest BCUT2D eigenvalue weighted by atomic mass is 16.3. The molecule has 26 heavy (non-hydrogen) atoms. The minimum Gasteiger partial charge on any atom is -0.459 e. The van der Waals surface area contributed by atoms with Crippen molar-refractivity contribution in [1.29, 1.82) is 0 Å². The van der Waals surface area contributed by atoms with Crippen LogP contribution < -0.4 is 4.90 Å². The van der Waals surface area contributed by atoms with Gasteiger partial charge < -0.3 is 19.1 Å². The van der Waals surface area contributed by atoms with Gasteiger partial charge in [-0.25, -0.2) is 0 Å². The van der Waals surface area contributed by atoms with Gasteiger partial charge in [0.05, 0.1) is 6.26 Å². The summed E-state index contributed by atoms with van der Waals surface area (Å²) in [7, 11) is 1.66. The Morgan fingerprint density at radius 3 is 2.23 bits per heavy atom. The van der Waals surface area contributed by atoms with E-state index < -0.39 is 0 Å². The molecule has 1 aromatic heterocycles. The fourth-order valence-electron chi connectivity index (χ4n) is 2.87. The van der Waals surface area contributed by atoms with Gasteiger partial charge in [0.25, 0.3) is 5.91 Å². The number of benzene rings is 1. The van der Waals surface area contributed by atoms with Crippen molar-refractivity contribution in [1.82, 2.24) is 9.80 Å². The lowest BCUT2D eigenvalue weighted by Gasteiger charge is -2.34. The third kappa shape index (κ3) is 3.93. The monoisotopic (exact) mass is 355 g/mol. The number of rotatable bonds is 4. The Balaban J connectivity index is 1.50. The van der Waals surface area contributed by atoms with E-state index in [2.05, 4.69) is 0 Å². The molecular weight excluding hydrogens is 334 g/mol. The predicted molar refractivity (Wildman–Crippen MR) is 95.7 cm³/mol. The summed E-state index contributed by atoms with van der Waals surface area (Å²) in [4.78, 5) is 41.7. The van der Waals surface area contributed by atoms with E-state index in [0.29, 0.717) is 31.9 Å². The second-order valence-corrected chi connectivity index (χ2v) is 6.12. The number of hydrogen-bond acceptors (Lipinski definition) is 4. The molecule has 0 radical (unpaired) electrons. The van der Waals surface area contributed by atoms with E-state index in [4.69, 9.17) is 4.42 Å². The Kier molecular flexibility index (Phi) is 5.36. The van der Waals surface area contributed by atoms with Crippen molar-refractivity contribution in [3.63, 3.8) is 0 Å². The van der Waals surface area contributed by atoms with Crippen molar-refractivity contribution in [2.24, 2.45) is 0 Å². The molecule has 1 aliphatic heterocycles. The molecule has 1 fully saturated rings. The van der Waals surface area contributed by atoms with Gasteiger partial charge in [0.2, 0.25) is 11.8 Å². The lowest BCUT2D eigenvalue weighted by atomic mass is 10.2. The maximum atomic E-state index is 12.4. The molecule has 1 aliphatic rings. The second-order valence-electron chi connectivity index (χ2n) is 6.12. The normalized spacial score (nSPS) is 14.2. The first-order valence-corrected chi connectivity index (χ1v) is 8.48. The highest BCUT2D eigenvalue weighted by Gasteiger charge is 2.27. The average Bonchev–Trinajstić information content (AvgIpc) is 3.22. The fraction of sp³-hybridized carbons (Fsp3) is 0.316. The SMILES string of the molecule is CN(C(=O)CC(=O)N1CCN(C(=O)c2ccco2)CC1)c1ccccc1. The standard InChI is InChI=1S/C19H21N3O4/c1-20(15-6-3-2-4-7-15)17(23)14-18(24)21-9-11-22(12-10-21)19(25)16-8-5-13-26-16/h2-8,13H,9-12,14H2,1H3. The van der Waals surface area contributed by atoms with Crippen LogP contribution in [-0.2, 0) is 9.59 Å². The number of nitrogens with zero attached hydrogens (tertiary/aromatic N) is 3. The summed E-state index contributed by atoms with van der Waals surface area (Å²) in [6.07, 6.45) is 1.28. The second kappa shape index (κ2) is 7.86. The molecule has 0 bridgehead atoms. The van der Waals surface area contributed by atoms with E-state index in [-0.39, 0.29) is 24.1 Å². The number of amides is 3. The maximum absolute atomic E-state index is 12.4. The molecule has 3 rings (SSSR count). The number of hydrogen-bond donors (Lipinski definition) is 0. The van der Waals surface area contributed by atoms with Crippen LogP contribution in [0.25, 0.3) is 0 Å². The molecule has 3 amide bonds. The Labute approximate surface area is 151 Å². The Morgan fingerprint density at radius 1 is 0.962 bits per heavy atom. The molecule has 0 spiro atoms. The number of para-hydroxylation sites is 1. The Morgan fingerprint density at radius 2 is 1.62 bits per heavy atom.